The van der Waals surface area contributed by atoms with Gasteiger partial charge in [0.1, 0.15) is 11.3 Å². The lowest BCUT2D eigenvalue weighted by Crippen LogP contribution is -1.87. The maximum Gasteiger partial charge on any atom is 0.157 e. The second kappa shape index (κ2) is 2.90. The molecule has 0 aliphatic rings. The van der Waals surface area contributed by atoms with Gasteiger partial charge in [0.05, 0.1) is 0 Å². The van der Waals surface area contributed by atoms with Gasteiger partial charge in [-0.1, -0.05) is 0 Å². The van der Waals surface area contributed by atoms with Crippen molar-refractivity contribution in [2.24, 2.45) is 4.99 Å². The first-order chi connectivity index (χ1) is 6.36. The van der Waals surface area contributed by atoms with Gasteiger partial charge in [-0.25, -0.2) is 4.99 Å². The van der Waals surface area contributed by atoms with Crippen LogP contribution >= 0.6 is 0 Å². The number of anilines is 1. The molecule has 4 nitrogen and oxygen atoms in total. The maximum absolute atomic E-state index is 4.22. The van der Waals surface area contributed by atoms with Crippen LogP contribution in [0.3, 0.4) is 0 Å². The van der Waals surface area contributed by atoms with Gasteiger partial charge in [0.25, 0.3) is 0 Å². The topological polar surface area (TPSA) is 53.1 Å². The number of aromatic amines is 1. The largest absolute Gasteiger partial charge is 0.374 e. The van der Waals surface area contributed by atoms with Gasteiger partial charge in [-0.15, -0.1) is 0 Å². The summed E-state index contributed by atoms with van der Waals surface area (Å²) >= 11 is 0. The van der Waals surface area contributed by atoms with Crippen molar-refractivity contribution in [3.8, 4) is 0 Å². The third kappa shape index (κ3) is 1.07. The number of H-pyrrole nitrogens is 1. The summed E-state index contributed by atoms with van der Waals surface area (Å²) in [4.78, 5) is 11.2. The Balaban J connectivity index is 2.81. The van der Waals surface area contributed by atoms with Crippen LogP contribution in [-0.2, 0) is 0 Å². The second-order valence-electron chi connectivity index (χ2n) is 2.66. The SMILES string of the molecule is C=Nc1[nH]c(NC)c2cccnc12. The number of pyridine rings is 1. The molecular weight excluding hydrogens is 164 g/mol. The predicted molar refractivity (Wildman–Crippen MR) is 54.8 cm³/mol. The summed E-state index contributed by atoms with van der Waals surface area (Å²) in [6.07, 6.45) is 1.74. The van der Waals surface area contributed by atoms with Crippen molar-refractivity contribution in [2.45, 2.75) is 0 Å². The number of nitrogens with zero attached hydrogens (tertiary/aromatic N) is 2. The van der Waals surface area contributed by atoms with Gasteiger partial charge in [-0.3, -0.25) is 4.98 Å². The van der Waals surface area contributed by atoms with Crippen LogP contribution in [0.5, 0.6) is 0 Å². The third-order valence-electron chi connectivity index (χ3n) is 1.95. The number of aromatic nitrogens is 2. The van der Waals surface area contributed by atoms with Crippen LogP contribution in [0, 0.1) is 0 Å². The van der Waals surface area contributed by atoms with Crippen LogP contribution in [-0.4, -0.2) is 23.7 Å². The average Bonchev–Trinajstić information content (AvgIpc) is 2.56. The van der Waals surface area contributed by atoms with Crippen LogP contribution in [0.2, 0.25) is 0 Å². The number of hydrogen-bond donors (Lipinski definition) is 2. The molecule has 2 aromatic rings. The van der Waals surface area contributed by atoms with E-state index in [1.54, 1.807) is 6.20 Å². The number of nitrogens with one attached hydrogen (secondary N) is 2. The normalized spacial score (nSPS) is 10.2. The lowest BCUT2D eigenvalue weighted by molar-refractivity contribution is 1.31. The molecule has 2 aromatic heterocycles. The van der Waals surface area contributed by atoms with E-state index in [9.17, 15) is 0 Å². The first kappa shape index (κ1) is 7.79. The second-order valence-corrected chi connectivity index (χ2v) is 2.66. The smallest absolute Gasteiger partial charge is 0.157 e. The molecule has 0 bridgehead atoms. The fraction of sp³-hybridized carbons (Fsp3) is 0.111. The van der Waals surface area contributed by atoms with E-state index in [2.05, 4.69) is 27.0 Å². The van der Waals surface area contributed by atoms with E-state index in [4.69, 9.17) is 0 Å². The van der Waals surface area contributed by atoms with Gasteiger partial charge in [0.15, 0.2) is 5.82 Å². The first-order valence-corrected chi connectivity index (χ1v) is 3.98. The zero-order valence-electron chi connectivity index (χ0n) is 7.33. The molecule has 2 heterocycles. The summed E-state index contributed by atoms with van der Waals surface area (Å²) < 4.78 is 0. The van der Waals surface area contributed by atoms with Crippen molar-refractivity contribution >= 4 is 29.3 Å². The Hall–Kier alpha value is -1.84. The van der Waals surface area contributed by atoms with Crippen LogP contribution < -0.4 is 5.32 Å². The van der Waals surface area contributed by atoms with Crippen molar-refractivity contribution in [3.63, 3.8) is 0 Å². The summed E-state index contributed by atoms with van der Waals surface area (Å²) in [5.74, 6) is 1.63. The van der Waals surface area contributed by atoms with Crippen molar-refractivity contribution in [3.05, 3.63) is 18.3 Å². The summed E-state index contributed by atoms with van der Waals surface area (Å²) in [5.41, 5.74) is 0.849. The molecule has 0 aliphatic carbocycles. The van der Waals surface area contributed by atoms with Gasteiger partial charge in [-0.05, 0) is 18.9 Å². The van der Waals surface area contributed by atoms with Crippen LogP contribution in [0.1, 0.15) is 0 Å². The lowest BCUT2D eigenvalue weighted by atomic mass is 10.3. The molecule has 66 valence electrons. The monoisotopic (exact) mass is 174 g/mol. The molecule has 4 heteroatoms. The molecule has 0 aromatic carbocycles. The van der Waals surface area contributed by atoms with E-state index < -0.39 is 0 Å². The van der Waals surface area contributed by atoms with Crippen molar-refractivity contribution in [1.29, 1.82) is 0 Å². The maximum atomic E-state index is 4.22. The Morgan fingerprint density at radius 2 is 2.46 bits per heavy atom. The Bertz CT molecular complexity index is 444. The van der Waals surface area contributed by atoms with E-state index in [0.717, 1.165) is 16.7 Å². The summed E-state index contributed by atoms with van der Waals surface area (Å²) in [5, 5.41) is 4.08. The van der Waals surface area contributed by atoms with Crippen LogP contribution in [0.25, 0.3) is 10.9 Å². The number of fused-ring (bicyclic) bond motifs is 1. The molecule has 0 saturated heterocycles. The number of hydrogen-bond acceptors (Lipinski definition) is 3. The molecule has 0 aliphatic heterocycles. The standard InChI is InChI=1S/C9H10N4/c1-10-8-6-4-3-5-12-7(6)9(11-2)13-8/h3-5,10,13H,2H2,1H3. The fourth-order valence-electron chi connectivity index (χ4n) is 1.35. The van der Waals surface area contributed by atoms with E-state index >= 15 is 0 Å². The molecule has 0 atom stereocenters. The minimum absolute atomic E-state index is 0.708. The number of rotatable bonds is 2. The molecule has 0 amide bonds. The molecule has 13 heavy (non-hydrogen) atoms. The van der Waals surface area contributed by atoms with Gasteiger partial charge >= 0.3 is 0 Å². The predicted octanol–water partition coefficient (Wildman–Crippen LogP) is 1.94. The van der Waals surface area contributed by atoms with Crippen molar-refractivity contribution in [1.82, 2.24) is 9.97 Å². The number of aliphatic imine (C=N–C) groups is 1. The quantitative estimate of drug-likeness (QED) is 0.683. The van der Waals surface area contributed by atoms with E-state index in [-0.39, 0.29) is 0 Å². The minimum Gasteiger partial charge on any atom is -0.374 e. The molecule has 0 radical (unpaired) electrons. The molecular formula is C9H10N4. The van der Waals surface area contributed by atoms with E-state index in [1.807, 2.05) is 19.2 Å². The highest BCUT2D eigenvalue weighted by Gasteiger charge is 2.07. The average molecular weight is 174 g/mol. The van der Waals surface area contributed by atoms with Crippen molar-refractivity contribution in [2.75, 3.05) is 12.4 Å². The molecule has 0 unspecified atom stereocenters. The van der Waals surface area contributed by atoms with Crippen LogP contribution in [0.15, 0.2) is 23.3 Å². The first-order valence-electron chi connectivity index (χ1n) is 3.98. The highest BCUT2D eigenvalue weighted by molar-refractivity contribution is 5.97. The fourth-order valence-corrected chi connectivity index (χ4v) is 1.35. The summed E-state index contributed by atoms with van der Waals surface area (Å²) in [6, 6.07) is 3.88. The Morgan fingerprint density at radius 3 is 3.15 bits per heavy atom. The van der Waals surface area contributed by atoms with E-state index in [1.165, 1.54) is 0 Å². The van der Waals surface area contributed by atoms with E-state index in [0.29, 0.717) is 5.82 Å². The highest BCUT2D eigenvalue weighted by atomic mass is 15.0. The van der Waals surface area contributed by atoms with Gasteiger partial charge in [-0.2, -0.15) is 0 Å². The zero-order chi connectivity index (χ0) is 9.26. The Morgan fingerprint density at radius 1 is 1.62 bits per heavy atom. The Kier molecular flexibility index (Phi) is 1.73. The molecule has 0 fully saturated rings. The minimum atomic E-state index is 0.708. The van der Waals surface area contributed by atoms with Crippen molar-refractivity contribution < 1.29 is 0 Å². The highest BCUT2D eigenvalue weighted by Crippen LogP contribution is 2.29. The molecule has 2 rings (SSSR count). The molecule has 0 saturated carbocycles. The lowest BCUT2D eigenvalue weighted by Gasteiger charge is -1.93. The third-order valence-corrected chi connectivity index (χ3v) is 1.95. The zero-order valence-corrected chi connectivity index (χ0v) is 7.33. The van der Waals surface area contributed by atoms with Gasteiger partial charge in [0.2, 0.25) is 0 Å². The van der Waals surface area contributed by atoms with Gasteiger partial charge in [0, 0.05) is 18.6 Å². The Labute approximate surface area is 75.7 Å². The molecule has 2 N–H and O–H groups in total. The molecule has 0 spiro atoms. The van der Waals surface area contributed by atoms with Gasteiger partial charge < -0.3 is 10.3 Å². The van der Waals surface area contributed by atoms with Crippen LogP contribution in [0.4, 0.5) is 11.6 Å². The summed E-state index contributed by atoms with van der Waals surface area (Å²) in [7, 11) is 1.85. The summed E-state index contributed by atoms with van der Waals surface area (Å²) in [6.45, 7) is 3.48.